The summed E-state index contributed by atoms with van der Waals surface area (Å²) < 4.78 is 0. The molecule has 8 heteroatoms. The molecule has 0 saturated carbocycles. The molecular weight excluding hydrogens is 288 g/mol. The molecule has 7 nitrogen and oxygen atoms in total. The van der Waals surface area contributed by atoms with Crippen LogP contribution in [0.3, 0.4) is 0 Å². The number of nitro groups is 1. The monoisotopic (exact) mass is 298 g/mol. The van der Waals surface area contributed by atoms with Gasteiger partial charge in [-0.25, -0.2) is 4.79 Å². The molecule has 1 amide bonds. The van der Waals surface area contributed by atoms with Gasteiger partial charge in [-0.3, -0.25) is 14.9 Å². The van der Waals surface area contributed by atoms with Gasteiger partial charge in [0.1, 0.15) is 6.04 Å². The number of non-ortho nitro benzene ring substituents is 1. The van der Waals surface area contributed by atoms with Gasteiger partial charge in [-0.05, 0) is 12.5 Å². The highest BCUT2D eigenvalue weighted by Crippen LogP contribution is 2.22. The number of benzene rings is 1. The minimum Gasteiger partial charge on any atom is -0.480 e. The summed E-state index contributed by atoms with van der Waals surface area (Å²) in [5.41, 5.74) is -0.292. The zero-order chi connectivity index (χ0) is 15.3. The summed E-state index contributed by atoms with van der Waals surface area (Å²) in [4.78, 5) is 32.7. The van der Waals surface area contributed by atoms with Crippen LogP contribution in [0.2, 0.25) is 5.02 Å². The number of carboxylic acids is 1. The Balaban J connectivity index is 2.94. The second-order valence-corrected chi connectivity index (χ2v) is 4.22. The first-order chi connectivity index (χ1) is 9.36. The second-order valence-electron chi connectivity index (χ2n) is 3.81. The summed E-state index contributed by atoms with van der Waals surface area (Å²) in [6.45, 7) is 3.40. The minimum absolute atomic E-state index is 0.0346. The molecule has 0 bridgehead atoms. The highest BCUT2D eigenvalue weighted by molar-refractivity contribution is 6.34. The van der Waals surface area contributed by atoms with Gasteiger partial charge in [-0.1, -0.05) is 17.7 Å². The Morgan fingerprint density at radius 3 is 2.65 bits per heavy atom. The van der Waals surface area contributed by atoms with Crippen molar-refractivity contribution < 1.29 is 19.6 Å². The molecule has 106 valence electrons. The fourth-order valence-electron chi connectivity index (χ4n) is 1.43. The SMILES string of the molecule is C=CCC(NC(=O)c1ccc([N+](=O)[O-])cc1Cl)C(=O)O. The molecule has 0 fully saturated rings. The number of rotatable bonds is 6. The average molecular weight is 299 g/mol. The molecule has 1 atom stereocenters. The molecule has 0 heterocycles. The smallest absolute Gasteiger partial charge is 0.326 e. The van der Waals surface area contributed by atoms with Crippen LogP contribution in [0.25, 0.3) is 0 Å². The van der Waals surface area contributed by atoms with Crippen molar-refractivity contribution in [3.05, 3.63) is 51.6 Å². The van der Waals surface area contributed by atoms with Crippen molar-refractivity contribution in [3.8, 4) is 0 Å². The number of aliphatic carboxylic acids is 1. The summed E-state index contributed by atoms with van der Waals surface area (Å²) in [5, 5.41) is 21.6. The molecule has 2 N–H and O–H groups in total. The lowest BCUT2D eigenvalue weighted by Crippen LogP contribution is -2.40. The van der Waals surface area contributed by atoms with E-state index < -0.39 is 22.8 Å². The van der Waals surface area contributed by atoms with Crippen molar-refractivity contribution in [1.82, 2.24) is 5.32 Å². The molecule has 0 aromatic heterocycles. The molecule has 1 rings (SSSR count). The Bertz CT molecular complexity index is 573. The number of nitrogens with zero attached hydrogens (tertiary/aromatic N) is 1. The number of hydrogen-bond acceptors (Lipinski definition) is 4. The average Bonchev–Trinajstić information content (AvgIpc) is 2.37. The lowest BCUT2D eigenvalue weighted by Gasteiger charge is -2.13. The van der Waals surface area contributed by atoms with Crippen LogP contribution < -0.4 is 5.32 Å². The largest absolute Gasteiger partial charge is 0.480 e. The first-order valence-corrected chi connectivity index (χ1v) is 5.83. The van der Waals surface area contributed by atoms with Gasteiger partial charge in [0.15, 0.2) is 0 Å². The normalized spacial score (nSPS) is 11.4. The van der Waals surface area contributed by atoms with Gasteiger partial charge in [0.05, 0.1) is 15.5 Å². The number of halogens is 1. The molecule has 0 aliphatic rings. The molecule has 0 radical (unpaired) electrons. The van der Waals surface area contributed by atoms with Crippen molar-refractivity contribution in [2.45, 2.75) is 12.5 Å². The summed E-state index contributed by atoms with van der Waals surface area (Å²) in [6.07, 6.45) is 1.40. The van der Waals surface area contributed by atoms with Crippen LogP contribution in [0.5, 0.6) is 0 Å². The Morgan fingerprint density at radius 2 is 2.20 bits per heavy atom. The third-order valence-corrected chi connectivity index (χ3v) is 2.73. The number of carbonyl (C=O) groups excluding carboxylic acids is 1. The number of carboxylic acid groups (broad SMARTS) is 1. The van der Waals surface area contributed by atoms with E-state index in [0.29, 0.717) is 0 Å². The maximum atomic E-state index is 11.9. The zero-order valence-corrected chi connectivity index (χ0v) is 11.0. The van der Waals surface area contributed by atoms with E-state index in [1.54, 1.807) is 0 Å². The van der Waals surface area contributed by atoms with Crippen molar-refractivity contribution in [3.63, 3.8) is 0 Å². The van der Waals surface area contributed by atoms with Crippen molar-refractivity contribution in [2.75, 3.05) is 0 Å². The van der Waals surface area contributed by atoms with Crippen LogP contribution in [-0.4, -0.2) is 27.9 Å². The van der Waals surface area contributed by atoms with E-state index in [1.165, 1.54) is 12.1 Å². The van der Waals surface area contributed by atoms with Gasteiger partial charge in [0, 0.05) is 12.1 Å². The fourth-order valence-corrected chi connectivity index (χ4v) is 1.69. The van der Waals surface area contributed by atoms with Crippen LogP contribution >= 0.6 is 11.6 Å². The molecule has 0 aliphatic carbocycles. The summed E-state index contributed by atoms with van der Waals surface area (Å²) in [5.74, 6) is -1.93. The van der Waals surface area contributed by atoms with Crippen molar-refractivity contribution in [1.29, 1.82) is 0 Å². The molecule has 1 unspecified atom stereocenters. The Kier molecular flexibility index (Phi) is 5.22. The summed E-state index contributed by atoms with van der Waals surface area (Å²) in [6, 6.07) is 2.18. The highest BCUT2D eigenvalue weighted by Gasteiger charge is 2.21. The fraction of sp³-hybridized carbons (Fsp3) is 0.167. The number of amides is 1. The van der Waals surface area contributed by atoms with Gasteiger partial charge in [0.25, 0.3) is 11.6 Å². The number of nitro benzene ring substituents is 1. The summed E-state index contributed by atoms with van der Waals surface area (Å²) in [7, 11) is 0. The first kappa shape index (κ1) is 15.6. The number of hydrogen-bond donors (Lipinski definition) is 2. The van der Waals surface area contributed by atoms with E-state index in [0.717, 1.165) is 12.1 Å². The van der Waals surface area contributed by atoms with Crippen LogP contribution in [0.15, 0.2) is 30.9 Å². The van der Waals surface area contributed by atoms with E-state index in [4.69, 9.17) is 16.7 Å². The topological polar surface area (TPSA) is 110 Å². The maximum Gasteiger partial charge on any atom is 0.326 e. The molecule has 1 aromatic rings. The van der Waals surface area contributed by atoms with Gasteiger partial charge >= 0.3 is 5.97 Å². The maximum absolute atomic E-state index is 11.9. The van der Waals surface area contributed by atoms with Crippen LogP contribution in [-0.2, 0) is 4.79 Å². The standard InChI is InChI=1S/C12H11ClN2O5/c1-2-3-10(12(17)18)14-11(16)8-5-4-7(15(19)20)6-9(8)13/h2,4-6,10H,1,3H2,(H,14,16)(H,17,18). The van der Waals surface area contributed by atoms with E-state index in [1.807, 2.05) is 0 Å². The van der Waals surface area contributed by atoms with Gasteiger partial charge in [0.2, 0.25) is 0 Å². The van der Waals surface area contributed by atoms with Crippen molar-refractivity contribution in [2.24, 2.45) is 0 Å². The van der Waals surface area contributed by atoms with E-state index in [2.05, 4.69) is 11.9 Å². The Morgan fingerprint density at radius 1 is 1.55 bits per heavy atom. The first-order valence-electron chi connectivity index (χ1n) is 5.45. The van der Waals surface area contributed by atoms with Gasteiger partial charge in [-0.15, -0.1) is 6.58 Å². The Hall–Kier alpha value is -2.41. The Labute approximate surface area is 119 Å². The molecule has 1 aromatic carbocycles. The molecule has 0 spiro atoms. The quantitative estimate of drug-likeness (QED) is 0.474. The van der Waals surface area contributed by atoms with E-state index in [9.17, 15) is 19.7 Å². The third-order valence-electron chi connectivity index (χ3n) is 2.41. The highest BCUT2D eigenvalue weighted by atomic mass is 35.5. The predicted octanol–water partition coefficient (Wildman–Crippen LogP) is 2.01. The van der Waals surface area contributed by atoms with Crippen LogP contribution in [0, 0.1) is 10.1 Å². The van der Waals surface area contributed by atoms with Crippen molar-refractivity contribution >= 4 is 29.2 Å². The van der Waals surface area contributed by atoms with Crippen LogP contribution in [0.4, 0.5) is 5.69 Å². The molecule has 20 heavy (non-hydrogen) atoms. The second kappa shape index (κ2) is 6.67. The minimum atomic E-state index is -1.21. The zero-order valence-electron chi connectivity index (χ0n) is 10.2. The molecule has 0 saturated heterocycles. The number of nitrogens with one attached hydrogen (secondary N) is 1. The lowest BCUT2D eigenvalue weighted by atomic mass is 10.1. The predicted molar refractivity (Wildman–Crippen MR) is 71.8 cm³/mol. The molecule has 0 aliphatic heterocycles. The van der Waals surface area contributed by atoms with Gasteiger partial charge in [-0.2, -0.15) is 0 Å². The summed E-state index contributed by atoms with van der Waals surface area (Å²) >= 11 is 5.78. The van der Waals surface area contributed by atoms with Gasteiger partial charge < -0.3 is 10.4 Å². The van der Waals surface area contributed by atoms with E-state index >= 15 is 0 Å². The number of carbonyl (C=O) groups is 2. The molecular formula is C12H11ClN2O5. The van der Waals surface area contributed by atoms with Crippen LogP contribution in [0.1, 0.15) is 16.8 Å². The third kappa shape index (κ3) is 3.79. The lowest BCUT2D eigenvalue weighted by molar-refractivity contribution is -0.384. The van der Waals surface area contributed by atoms with E-state index in [-0.39, 0.29) is 22.7 Å².